The smallest absolute Gasteiger partial charge is 0.262 e. The van der Waals surface area contributed by atoms with Crippen molar-refractivity contribution in [2.75, 3.05) is 0 Å². The zero-order chi connectivity index (χ0) is 16.9. The number of carbonyl (C=O) groups excluding carboxylic acids is 1. The standard InChI is InChI=1S/C20H17N3O/c1-14(16-5-3-2-4-6-16)23-20(24)18(13-21)12-15-7-8-19-17(11-15)9-10-22-19/h2-12,14,22H,1H3,(H,23,24)/b18-12+/t14-/m0/s1. The van der Waals surface area contributed by atoms with Gasteiger partial charge in [0, 0.05) is 11.7 Å². The summed E-state index contributed by atoms with van der Waals surface area (Å²) in [6.45, 7) is 1.90. The summed E-state index contributed by atoms with van der Waals surface area (Å²) in [6.07, 6.45) is 3.47. The molecule has 24 heavy (non-hydrogen) atoms. The number of amides is 1. The fourth-order valence-corrected chi connectivity index (χ4v) is 2.58. The molecule has 2 N–H and O–H groups in total. The highest BCUT2D eigenvalue weighted by atomic mass is 16.1. The van der Waals surface area contributed by atoms with Crippen molar-refractivity contribution in [3.8, 4) is 6.07 Å². The van der Waals surface area contributed by atoms with E-state index >= 15 is 0 Å². The van der Waals surface area contributed by atoms with Gasteiger partial charge in [-0.3, -0.25) is 4.79 Å². The Hall–Kier alpha value is -3.32. The number of carbonyl (C=O) groups is 1. The molecule has 1 heterocycles. The molecule has 4 nitrogen and oxygen atoms in total. The van der Waals surface area contributed by atoms with Gasteiger partial charge in [0.15, 0.2) is 0 Å². The van der Waals surface area contributed by atoms with Gasteiger partial charge in [0.05, 0.1) is 6.04 Å². The highest BCUT2D eigenvalue weighted by Crippen LogP contribution is 2.17. The summed E-state index contributed by atoms with van der Waals surface area (Å²) >= 11 is 0. The Bertz CT molecular complexity index is 932. The number of fused-ring (bicyclic) bond motifs is 1. The van der Waals surface area contributed by atoms with Crippen molar-refractivity contribution in [1.82, 2.24) is 10.3 Å². The number of rotatable bonds is 4. The Balaban J connectivity index is 1.79. The second kappa shape index (κ2) is 6.84. The third kappa shape index (κ3) is 3.36. The van der Waals surface area contributed by atoms with E-state index in [0.717, 1.165) is 22.0 Å². The van der Waals surface area contributed by atoms with Crippen LogP contribution in [0.4, 0.5) is 0 Å². The number of hydrogen-bond acceptors (Lipinski definition) is 2. The minimum absolute atomic E-state index is 0.0904. The van der Waals surface area contributed by atoms with Gasteiger partial charge in [-0.25, -0.2) is 0 Å². The second-order valence-electron chi connectivity index (χ2n) is 5.60. The summed E-state index contributed by atoms with van der Waals surface area (Å²) in [4.78, 5) is 15.5. The molecule has 3 rings (SSSR count). The Labute approximate surface area is 140 Å². The van der Waals surface area contributed by atoms with E-state index in [1.807, 2.05) is 73.8 Å². The number of nitrogens with one attached hydrogen (secondary N) is 2. The zero-order valence-corrected chi connectivity index (χ0v) is 13.3. The fourth-order valence-electron chi connectivity index (χ4n) is 2.58. The van der Waals surface area contributed by atoms with Gasteiger partial charge < -0.3 is 10.3 Å². The van der Waals surface area contributed by atoms with Crippen molar-refractivity contribution < 1.29 is 4.79 Å². The van der Waals surface area contributed by atoms with Crippen LogP contribution in [0, 0.1) is 11.3 Å². The van der Waals surface area contributed by atoms with Crippen LogP contribution in [0.5, 0.6) is 0 Å². The minimum Gasteiger partial charge on any atom is -0.361 e. The predicted molar refractivity (Wildman–Crippen MR) is 94.9 cm³/mol. The topological polar surface area (TPSA) is 68.7 Å². The molecular formula is C20H17N3O. The quantitative estimate of drug-likeness (QED) is 0.565. The molecule has 0 bridgehead atoms. The molecule has 1 atom stereocenters. The normalized spacial score (nSPS) is 12.6. The Morgan fingerprint density at radius 2 is 2.00 bits per heavy atom. The van der Waals surface area contributed by atoms with E-state index in [0.29, 0.717) is 0 Å². The van der Waals surface area contributed by atoms with Gasteiger partial charge in [-0.1, -0.05) is 36.4 Å². The molecule has 0 spiro atoms. The number of H-pyrrole nitrogens is 1. The maximum atomic E-state index is 12.4. The summed E-state index contributed by atoms with van der Waals surface area (Å²) < 4.78 is 0. The Kier molecular flexibility index (Phi) is 4.44. The Morgan fingerprint density at radius 1 is 1.21 bits per heavy atom. The highest BCUT2D eigenvalue weighted by Gasteiger charge is 2.13. The number of nitriles is 1. The van der Waals surface area contributed by atoms with Crippen LogP contribution in [-0.2, 0) is 4.79 Å². The fraction of sp³-hybridized carbons (Fsp3) is 0.100. The van der Waals surface area contributed by atoms with Crippen LogP contribution in [0.25, 0.3) is 17.0 Å². The minimum atomic E-state index is -0.372. The van der Waals surface area contributed by atoms with Crippen LogP contribution >= 0.6 is 0 Å². The van der Waals surface area contributed by atoms with E-state index in [2.05, 4.69) is 10.3 Å². The van der Waals surface area contributed by atoms with Crippen LogP contribution in [0.2, 0.25) is 0 Å². The molecule has 0 radical (unpaired) electrons. The van der Waals surface area contributed by atoms with E-state index in [4.69, 9.17) is 0 Å². The van der Waals surface area contributed by atoms with Gasteiger partial charge in [-0.05, 0) is 47.7 Å². The summed E-state index contributed by atoms with van der Waals surface area (Å²) in [5.74, 6) is -0.372. The monoisotopic (exact) mass is 315 g/mol. The molecule has 0 saturated heterocycles. The molecule has 2 aromatic carbocycles. The molecule has 4 heteroatoms. The van der Waals surface area contributed by atoms with Crippen molar-refractivity contribution in [2.45, 2.75) is 13.0 Å². The molecule has 0 aliphatic carbocycles. The molecule has 0 fully saturated rings. The molecule has 118 valence electrons. The van der Waals surface area contributed by atoms with Gasteiger partial charge in [0.1, 0.15) is 11.6 Å². The van der Waals surface area contributed by atoms with E-state index in [1.54, 1.807) is 6.08 Å². The van der Waals surface area contributed by atoms with Crippen LogP contribution in [0.1, 0.15) is 24.1 Å². The number of hydrogen-bond donors (Lipinski definition) is 2. The van der Waals surface area contributed by atoms with Crippen molar-refractivity contribution in [3.63, 3.8) is 0 Å². The summed E-state index contributed by atoms with van der Waals surface area (Å²) in [6, 6.07) is 19.2. The van der Waals surface area contributed by atoms with Gasteiger partial charge in [-0.15, -0.1) is 0 Å². The number of aromatic amines is 1. The first-order valence-corrected chi connectivity index (χ1v) is 7.72. The van der Waals surface area contributed by atoms with Gasteiger partial charge in [-0.2, -0.15) is 5.26 Å². The van der Waals surface area contributed by atoms with E-state index in [-0.39, 0.29) is 17.5 Å². The van der Waals surface area contributed by atoms with Gasteiger partial charge >= 0.3 is 0 Å². The number of benzene rings is 2. The summed E-state index contributed by atoms with van der Waals surface area (Å²) in [7, 11) is 0. The first-order chi connectivity index (χ1) is 11.7. The van der Waals surface area contributed by atoms with Crippen LogP contribution in [0.15, 0.2) is 66.4 Å². The lowest BCUT2D eigenvalue weighted by Crippen LogP contribution is -2.27. The average Bonchev–Trinajstić information content (AvgIpc) is 3.08. The summed E-state index contributed by atoms with van der Waals surface area (Å²) in [5, 5.41) is 13.2. The predicted octanol–water partition coefficient (Wildman–Crippen LogP) is 3.95. The van der Waals surface area contributed by atoms with E-state index in [9.17, 15) is 10.1 Å². The molecule has 0 aliphatic heterocycles. The third-order valence-corrected chi connectivity index (χ3v) is 3.90. The first kappa shape index (κ1) is 15.6. The molecule has 3 aromatic rings. The van der Waals surface area contributed by atoms with Crippen molar-refractivity contribution in [1.29, 1.82) is 5.26 Å². The average molecular weight is 315 g/mol. The lowest BCUT2D eigenvalue weighted by molar-refractivity contribution is -0.117. The first-order valence-electron chi connectivity index (χ1n) is 7.72. The lowest BCUT2D eigenvalue weighted by atomic mass is 10.1. The SMILES string of the molecule is C[C@H](NC(=O)/C(C#N)=C/c1ccc2[nH]ccc2c1)c1ccccc1. The molecule has 0 saturated carbocycles. The molecule has 1 aromatic heterocycles. The highest BCUT2D eigenvalue weighted by molar-refractivity contribution is 6.02. The number of aromatic nitrogens is 1. The number of nitrogens with zero attached hydrogens (tertiary/aromatic N) is 1. The molecule has 1 amide bonds. The van der Waals surface area contributed by atoms with Crippen LogP contribution < -0.4 is 5.32 Å². The van der Waals surface area contributed by atoms with Gasteiger partial charge in [0.25, 0.3) is 5.91 Å². The maximum Gasteiger partial charge on any atom is 0.262 e. The maximum absolute atomic E-state index is 12.4. The lowest BCUT2D eigenvalue weighted by Gasteiger charge is -2.13. The molecule has 0 aliphatic rings. The molecule has 0 unspecified atom stereocenters. The van der Waals surface area contributed by atoms with Crippen LogP contribution in [0.3, 0.4) is 0 Å². The van der Waals surface area contributed by atoms with E-state index in [1.165, 1.54) is 0 Å². The largest absolute Gasteiger partial charge is 0.361 e. The van der Waals surface area contributed by atoms with Crippen molar-refractivity contribution in [3.05, 3.63) is 77.5 Å². The van der Waals surface area contributed by atoms with E-state index < -0.39 is 0 Å². The molecular weight excluding hydrogens is 298 g/mol. The third-order valence-electron chi connectivity index (χ3n) is 3.90. The van der Waals surface area contributed by atoms with Crippen LogP contribution in [-0.4, -0.2) is 10.9 Å². The zero-order valence-electron chi connectivity index (χ0n) is 13.3. The van der Waals surface area contributed by atoms with Gasteiger partial charge in [0.2, 0.25) is 0 Å². The van der Waals surface area contributed by atoms with Crippen molar-refractivity contribution in [2.24, 2.45) is 0 Å². The Morgan fingerprint density at radius 3 is 2.75 bits per heavy atom. The summed E-state index contributed by atoms with van der Waals surface area (Å²) in [5.41, 5.74) is 2.93. The second-order valence-corrected chi connectivity index (χ2v) is 5.60. The van der Waals surface area contributed by atoms with Crippen molar-refractivity contribution >= 4 is 22.9 Å².